The first kappa shape index (κ1) is 17.2. The van der Waals surface area contributed by atoms with Gasteiger partial charge in [0.05, 0.1) is 16.8 Å². The van der Waals surface area contributed by atoms with Crippen molar-refractivity contribution in [3.05, 3.63) is 18.2 Å². The van der Waals surface area contributed by atoms with Crippen LogP contribution in [0, 0.1) is 0 Å². The Kier molecular flexibility index (Phi) is 4.34. The predicted molar refractivity (Wildman–Crippen MR) is 93.7 cm³/mol. The van der Waals surface area contributed by atoms with Crippen molar-refractivity contribution in [2.24, 2.45) is 0 Å². The number of aromatic nitrogens is 1. The van der Waals surface area contributed by atoms with Crippen molar-refractivity contribution in [2.75, 3.05) is 18.5 Å². The molecular weight excluding hydrogens is 344 g/mol. The highest BCUT2D eigenvalue weighted by molar-refractivity contribution is 7.22. The normalized spacial score (nSPS) is 16.2. The zero-order valence-electron chi connectivity index (χ0n) is 14.1. The van der Waals surface area contributed by atoms with Crippen LogP contribution in [0.3, 0.4) is 0 Å². The summed E-state index contributed by atoms with van der Waals surface area (Å²) < 4.78 is 6.31. The van der Waals surface area contributed by atoms with Gasteiger partial charge in [0.1, 0.15) is 17.8 Å². The molecule has 8 nitrogen and oxygen atoms in total. The molecule has 4 amide bonds. The fourth-order valence-electron chi connectivity index (χ4n) is 2.48. The summed E-state index contributed by atoms with van der Waals surface area (Å²) in [6, 6.07) is 4.90. The lowest BCUT2D eigenvalue weighted by atomic mass is 10.1. The third-order valence-electron chi connectivity index (χ3n) is 3.66. The molecule has 2 heterocycles. The Balaban J connectivity index is 1.70. The molecule has 0 bridgehead atoms. The van der Waals surface area contributed by atoms with Gasteiger partial charge in [-0.1, -0.05) is 11.3 Å². The number of urea groups is 1. The Hall–Kier alpha value is -2.68. The van der Waals surface area contributed by atoms with Crippen LogP contribution in [0.15, 0.2) is 18.2 Å². The third kappa shape index (κ3) is 3.41. The van der Waals surface area contributed by atoms with Crippen molar-refractivity contribution in [3.8, 4) is 5.75 Å². The second-order valence-electron chi connectivity index (χ2n) is 6.08. The molecule has 1 saturated heterocycles. The number of nitrogens with one attached hydrogen (secondary N) is 2. The average Bonchev–Trinajstić information content (AvgIpc) is 3.00. The van der Waals surface area contributed by atoms with Crippen molar-refractivity contribution in [1.82, 2.24) is 15.2 Å². The maximum atomic E-state index is 12.2. The second kappa shape index (κ2) is 6.32. The molecule has 1 aromatic heterocycles. The molecular formula is C16H18N4O4S. The highest BCUT2D eigenvalue weighted by Crippen LogP contribution is 2.29. The molecule has 0 aliphatic carbocycles. The number of carbonyl (C=O) groups excluding carboxylic acids is 3. The Morgan fingerprint density at radius 3 is 2.80 bits per heavy atom. The standard InChI is InChI=1S/C16H18N4O4S/c1-4-24-9-5-6-10-11(7-9)25-14(17-10)18-12(21)8-20-13(22)16(2,3)19-15(20)23/h5-7H,4,8H2,1-3H3,(H,19,23)(H,17,18,21). The van der Waals surface area contributed by atoms with Gasteiger partial charge in [0, 0.05) is 0 Å². The average molecular weight is 362 g/mol. The lowest BCUT2D eigenvalue weighted by Crippen LogP contribution is -2.41. The summed E-state index contributed by atoms with van der Waals surface area (Å²) in [5.41, 5.74) is -0.261. The molecule has 0 atom stereocenters. The highest BCUT2D eigenvalue weighted by atomic mass is 32.1. The van der Waals surface area contributed by atoms with Crippen molar-refractivity contribution in [3.63, 3.8) is 0 Å². The molecule has 132 valence electrons. The number of carbonyl (C=O) groups is 3. The number of rotatable bonds is 5. The zero-order chi connectivity index (χ0) is 18.2. The van der Waals surface area contributed by atoms with E-state index in [-0.39, 0.29) is 6.54 Å². The maximum absolute atomic E-state index is 12.2. The predicted octanol–water partition coefficient (Wildman–Crippen LogP) is 1.96. The van der Waals surface area contributed by atoms with Gasteiger partial charge in [-0.3, -0.25) is 14.5 Å². The minimum atomic E-state index is -0.997. The van der Waals surface area contributed by atoms with Crippen LogP contribution < -0.4 is 15.4 Å². The van der Waals surface area contributed by atoms with Gasteiger partial charge in [-0.25, -0.2) is 9.78 Å². The Bertz CT molecular complexity index is 861. The first-order valence-corrected chi connectivity index (χ1v) is 8.59. The lowest BCUT2D eigenvalue weighted by Gasteiger charge is -2.15. The van der Waals surface area contributed by atoms with Crippen molar-refractivity contribution >= 4 is 44.5 Å². The maximum Gasteiger partial charge on any atom is 0.325 e. The Labute approximate surface area is 148 Å². The summed E-state index contributed by atoms with van der Waals surface area (Å²) in [6.45, 7) is 5.30. The largest absolute Gasteiger partial charge is 0.494 e. The number of anilines is 1. The molecule has 0 unspecified atom stereocenters. The molecule has 0 radical (unpaired) electrons. The van der Waals surface area contributed by atoms with E-state index in [1.807, 2.05) is 25.1 Å². The summed E-state index contributed by atoms with van der Waals surface area (Å²) in [5, 5.41) is 5.57. The first-order valence-electron chi connectivity index (χ1n) is 7.77. The topological polar surface area (TPSA) is 101 Å². The highest BCUT2D eigenvalue weighted by Gasteiger charge is 2.44. The van der Waals surface area contributed by atoms with Crippen LogP contribution in [-0.2, 0) is 9.59 Å². The summed E-state index contributed by atoms with van der Waals surface area (Å²) in [6.07, 6.45) is 0. The Morgan fingerprint density at radius 1 is 1.40 bits per heavy atom. The SMILES string of the molecule is CCOc1ccc2nc(NC(=O)CN3C(=O)NC(C)(C)C3=O)sc2c1. The third-order valence-corrected chi connectivity index (χ3v) is 4.60. The van der Waals surface area contributed by atoms with E-state index in [4.69, 9.17) is 4.74 Å². The minimum absolute atomic E-state index is 0.353. The number of fused-ring (bicyclic) bond motifs is 1. The second-order valence-corrected chi connectivity index (χ2v) is 7.11. The quantitative estimate of drug-likeness (QED) is 0.792. The van der Waals surface area contributed by atoms with Gasteiger partial charge in [0.2, 0.25) is 5.91 Å². The number of hydrogen-bond acceptors (Lipinski definition) is 6. The van der Waals surface area contributed by atoms with Gasteiger partial charge < -0.3 is 15.4 Å². The number of imide groups is 1. The van der Waals surface area contributed by atoms with E-state index >= 15 is 0 Å². The summed E-state index contributed by atoms with van der Waals surface area (Å²) in [7, 11) is 0. The van der Waals surface area contributed by atoms with Crippen molar-refractivity contribution in [1.29, 1.82) is 0 Å². The van der Waals surface area contributed by atoms with Crippen LogP contribution in [-0.4, -0.2) is 46.4 Å². The van der Waals surface area contributed by atoms with E-state index in [0.29, 0.717) is 11.7 Å². The molecule has 1 fully saturated rings. The number of benzene rings is 1. The number of nitrogens with zero attached hydrogens (tertiary/aromatic N) is 2. The number of thiazole rings is 1. The van der Waals surface area contributed by atoms with Gasteiger partial charge in [0.15, 0.2) is 5.13 Å². The molecule has 1 aliphatic heterocycles. The van der Waals surface area contributed by atoms with Crippen LogP contribution in [0.4, 0.5) is 9.93 Å². The van der Waals surface area contributed by atoms with E-state index in [9.17, 15) is 14.4 Å². The van der Waals surface area contributed by atoms with Crippen molar-refractivity contribution < 1.29 is 19.1 Å². The van der Waals surface area contributed by atoms with E-state index < -0.39 is 23.4 Å². The smallest absolute Gasteiger partial charge is 0.325 e. The molecule has 1 aliphatic rings. The van der Waals surface area contributed by atoms with Crippen LogP contribution in [0.5, 0.6) is 5.75 Å². The zero-order valence-corrected chi connectivity index (χ0v) is 14.9. The van der Waals surface area contributed by atoms with Gasteiger partial charge in [-0.05, 0) is 39.0 Å². The van der Waals surface area contributed by atoms with Gasteiger partial charge in [-0.2, -0.15) is 0 Å². The van der Waals surface area contributed by atoms with Crippen LogP contribution in [0.2, 0.25) is 0 Å². The molecule has 2 N–H and O–H groups in total. The molecule has 25 heavy (non-hydrogen) atoms. The molecule has 0 spiro atoms. The first-order chi connectivity index (χ1) is 11.8. The van der Waals surface area contributed by atoms with Crippen LogP contribution >= 0.6 is 11.3 Å². The van der Waals surface area contributed by atoms with Crippen molar-refractivity contribution in [2.45, 2.75) is 26.3 Å². The molecule has 1 aromatic carbocycles. The summed E-state index contributed by atoms with van der Waals surface area (Å²) in [5.74, 6) is -0.179. The minimum Gasteiger partial charge on any atom is -0.494 e. The summed E-state index contributed by atoms with van der Waals surface area (Å²) in [4.78, 5) is 41.3. The van der Waals surface area contributed by atoms with Gasteiger partial charge in [-0.15, -0.1) is 0 Å². The number of hydrogen-bond donors (Lipinski definition) is 2. The van der Waals surface area contributed by atoms with E-state index in [1.165, 1.54) is 11.3 Å². The van der Waals surface area contributed by atoms with E-state index in [1.54, 1.807) is 13.8 Å². The fraction of sp³-hybridized carbons (Fsp3) is 0.375. The molecule has 2 aromatic rings. The Morgan fingerprint density at radius 2 is 2.16 bits per heavy atom. The van der Waals surface area contributed by atoms with E-state index in [2.05, 4.69) is 15.6 Å². The lowest BCUT2D eigenvalue weighted by molar-refractivity contribution is -0.132. The van der Waals surface area contributed by atoms with Crippen LogP contribution in [0.25, 0.3) is 10.2 Å². The van der Waals surface area contributed by atoms with Gasteiger partial charge >= 0.3 is 6.03 Å². The monoisotopic (exact) mass is 362 g/mol. The van der Waals surface area contributed by atoms with E-state index in [0.717, 1.165) is 20.9 Å². The van der Waals surface area contributed by atoms with Gasteiger partial charge in [0.25, 0.3) is 5.91 Å². The molecule has 9 heteroatoms. The number of amides is 4. The molecule has 3 rings (SSSR count). The fourth-order valence-corrected chi connectivity index (χ4v) is 3.39. The van der Waals surface area contributed by atoms with Crippen LogP contribution in [0.1, 0.15) is 20.8 Å². The summed E-state index contributed by atoms with van der Waals surface area (Å²) >= 11 is 1.30. The molecule has 0 saturated carbocycles. The number of ether oxygens (including phenoxy) is 1.